The quantitative estimate of drug-likeness (QED) is 0.780. The molecular weight excluding hydrogens is 178 g/mol. The molecule has 1 rings (SSSR count). The van der Waals surface area contributed by atoms with E-state index in [9.17, 15) is 5.11 Å². The number of nitrogens with zero attached hydrogens (tertiary/aromatic N) is 1. The van der Waals surface area contributed by atoms with Gasteiger partial charge in [-0.15, -0.1) is 0 Å². The summed E-state index contributed by atoms with van der Waals surface area (Å²) in [6, 6.07) is 5.52. The van der Waals surface area contributed by atoms with E-state index >= 15 is 0 Å². The van der Waals surface area contributed by atoms with Gasteiger partial charge in [0.2, 0.25) is 0 Å². The Balaban J connectivity index is 2.32. The van der Waals surface area contributed by atoms with Crippen LogP contribution < -0.4 is 0 Å². The molecule has 1 unspecified atom stereocenters. The van der Waals surface area contributed by atoms with Crippen molar-refractivity contribution in [2.24, 2.45) is 0 Å². The topological polar surface area (TPSA) is 42.4 Å². The lowest BCUT2D eigenvalue weighted by atomic mass is 10.2. The molecule has 1 N–H and O–H groups in total. The predicted molar refractivity (Wildman–Crippen MR) is 54.9 cm³/mol. The Hall–Kier alpha value is -0.930. The third-order valence-electron chi connectivity index (χ3n) is 1.87. The van der Waals surface area contributed by atoms with Gasteiger partial charge in [-0.05, 0) is 26.0 Å². The largest absolute Gasteiger partial charge is 0.387 e. The van der Waals surface area contributed by atoms with Crippen molar-refractivity contribution in [2.75, 3.05) is 6.61 Å². The zero-order valence-electron chi connectivity index (χ0n) is 8.68. The van der Waals surface area contributed by atoms with Gasteiger partial charge in [-0.2, -0.15) is 0 Å². The molecule has 1 heterocycles. The summed E-state index contributed by atoms with van der Waals surface area (Å²) in [5.74, 6) is 0. The molecule has 1 atom stereocenters. The minimum atomic E-state index is -0.519. The van der Waals surface area contributed by atoms with Crippen molar-refractivity contribution in [3.63, 3.8) is 0 Å². The number of pyridine rings is 1. The van der Waals surface area contributed by atoms with Crippen LogP contribution >= 0.6 is 0 Å². The molecule has 0 saturated heterocycles. The minimum Gasteiger partial charge on any atom is -0.387 e. The summed E-state index contributed by atoms with van der Waals surface area (Å²) >= 11 is 0. The molecular formula is C11H17NO2. The molecule has 14 heavy (non-hydrogen) atoms. The number of aliphatic hydroxyl groups excluding tert-OH is 1. The highest BCUT2D eigenvalue weighted by Crippen LogP contribution is 2.13. The zero-order valence-corrected chi connectivity index (χ0v) is 8.68. The van der Waals surface area contributed by atoms with Crippen LogP contribution in [0.25, 0.3) is 0 Å². The van der Waals surface area contributed by atoms with Gasteiger partial charge in [0, 0.05) is 19.2 Å². The van der Waals surface area contributed by atoms with Crippen molar-refractivity contribution in [2.45, 2.75) is 32.5 Å². The van der Waals surface area contributed by atoms with Gasteiger partial charge in [-0.25, -0.2) is 0 Å². The number of aromatic nitrogens is 1. The van der Waals surface area contributed by atoms with Crippen molar-refractivity contribution < 1.29 is 9.84 Å². The molecule has 0 fully saturated rings. The van der Waals surface area contributed by atoms with E-state index in [1.165, 1.54) is 0 Å². The second kappa shape index (κ2) is 5.73. The van der Waals surface area contributed by atoms with E-state index in [0.29, 0.717) is 18.7 Å². The molecule has 0 spiro atoms. The molecule has 0 aliphatic carbocycles. The molecule has 0 radical (unpaired) electrons. The van der Waals surface area contributed by atoms with Gasteiger partial charge in [-0.3, -0.25) is 4.98 Å². The first-order valence-electron chi connectivity index (χ1n) is 4.90. The van der Waals surface area contributed by atoms with Crippen LogP contribution in [0.4, 0.5) is 0 Å². The normalized spacial score (nSPS) is 13.1. The number of hydrogen-bond acceptors (Lipinski definition) is 3. The van der Waals surface area contributed by atoms with Crippen LogP contribution in [-0.4, -0.2) is 22.8 Å². The molecule has 3 heteroatoms. The van der Waals surface area contributed by atoms with Crippen LogP contribution in [0, 0.1) is 0 Å². The highest BCUT2D eigenvalue weighted by molar-refractivity contribution is 5.06. The summed E-state index contributed by atoms with van der Waals surface area (Å²) in [4.78, 5) is 4.07. The Morgan fingerprint density at radius 1 is 1.43 bits per heavy atom. The van der Waals surface area contributed by atoms with Crippen LogP contribution in [0.2, 0.25) is 0 Å². The van der Waals surface area contributed by atoms with E-state index in [1.54, 1.807) is 6.20 Å². The third kappa shape index (κ3) is 3.85. The van der Waals surface area contributed by atoms with Crippen LogP contribution in [0.15, 0.2) is 24.4 Å². The lowest BCUT2D eigenvalue weighted by Crippen LogP contribution is -2.08. The van der Waals surface area contributed by atoms with E-state index in [2.05, 4.69) is 4.98 Å². The monoisotopic (exact) mass is 195 g/mol. The summed E-state index contributed by atoms with van der Waals surface area (Å²) in [5.41, 5.74) is 0.708. The molecule has 78 valence electrons. The third-order valence-corrected chi connectivity index (χ3v) is 1.87. The maximum absolute atomic E-state index is 9.69. The van der Waals surface area contributed by atoms with E-state index in [4.69, 9.17) is 4.74 Å². The average molecular weight is 195 g/mol. The van der Waals surface area contributed by atoms with Gasteiger partial charge in [0.1, 0.15) is 0 Å². The molecule has 0 aliphatic heterocycles. The molecule has 3 nitrogen and oxygen atoms in total. The first-order chi connectivity index (χ1) is 6.70. The fourth-order valence-electron chi connectivity index (χ4n) is 1.14. The fraction of sp³-hybridized carbons (Fsp3) is 0.545. The Bertz CT molecular complexity index is 249. The van der Waals surface area contributed by atoms with Crippen molar-refractivity contribution in [1.29, 1.82) is 0 Å². The van der Waals surface area contributed by atoms with Crippen molar-refractivity contribution in [3.05, 3.63) is 30.1 Å². The number of hydrogen-bond donors (Lipinski definition) is 1. The molecule has 0 aliphatic rings. The van der Waals surface area contributed by atoms with E-state index < -0.39 is 6.10 Å². The van der Waals surface area contributed by atoms with Crippen molar-refractivity contribution in [1.82, 2.24) is 4.98 Å². The Morgan fingerprint density at radius 2 is 2.21 bits per heavy atom. The van der Waals surface area contributed by atoms with Gasteiger partial charge < -0.3 is 9.84 Å². The second-order valence-corrected chi connectivity index (χ2v) is 3.48. The van der Waals surface area contributed by atoms with E-state index in [1.807, 2.05) is 32.0 Å². The number of rotatable bonds is 5. The van der Waals surface area contributed by atoms with Crippen LogP contribution in [0.3, 0.4) is 0 Å². The second-order valence-electron chi connectivity index (χ2n) is 3.48. The summed E-state index contributed by atoms with van der Waals surface area (Å²) in [6.07, 6.45) is 1.97. The van der Waals surface area contributed by atoms with Crippen LogP contribution in [-0.2, 0) is 4.74 Å². The van der Waals surface area contributed by atoms with Crippen molar-refractivity contribution in [3.8, 4) is 0 Å². The summed E-state index contributed by atoms with van der Waals surface area (Å²) < 4.78 is 5.35. The van der Waals surface area contributed by atoms with E-state index in [-0.39, 0.29) is 6.10 Å². The summed E-state index contributed by atoms with van der Waals surface area (Å²) in [5, 5.41) is 9.69. The van der Waals surface area contributed by atoms with Gasteiger partial charge in [0.25, 0.3) is 0 Å². The molecule has 0 saturated carbocycles. The lowest BCUT2D eigenvalue weighted by molar-refractivity contribution is 0.0455. The van der Waals surface area contributed by atoms with Crippen molar-refractivity contribution >= 4 is 0 Å². The van der Waals surface area contributed by atoms with Crippen LogP contribution in [0.1, 0.15) is 32.1 Å². The van der Waals surface area contributed by atoms with Gasteiger partial charge in [0.15, 0.2) is 0 Å². The zero-order chi connectivity index (χ0) is 10.4. The number of ether oxygens (including phenoxy) is 1. The van der Waals surface area contributed by atoms with Gasteiger partial charge in [-0.1, -0.05) is 6.07 Å². The van der Waals surface area contributed by atoms with Gasteiger partial charge >= 0.3 is 0 Å². The summed E-state index contributed by atoms with van der Waals surface area (Å²) in [6.45, 7) is 4.52. The SMILES string of the molecule is CC(C)OCCC(O)c1ccccn1. The Labute approximate surface area is 84.7 Å². The first-order valence-corrected chi connectivity index (χ1v) is 4.90. The lowest BCUT2D eigenvalue weighted by Gasteiger charge is -2.11. The highest BCUT2D eigenvalue weighted by Gasteiger charge is 2.07. The molecule has 0 amide bonds. The minimum absolute atomic E-state index is 0.214. The maximum atomic E-state index is 9.69. The fourth-order valence-corrected chi connectivity index (χ4v) is 1.14. The van der Waals surface area contributed by atoms with Crippen LogP contribution in [0.5, 0.6) is 0 Å². The van der Waals surface area contributed by atoms with Gasteiger partial charge in [0.05, 0.1) is 17.9 Å². The standard InChI is InChI=1S/C11H17NO2/c1-9(2)14-8-6-11(13)10-5-3-4-7-12-10/h3-5,7,9,11,13H,6,8H2,1-2H3. The number of aliphatic hydroxyl groups is 1. The first kappa shape index (κ1) is 11.1. The molecule has 0 bridgehead atoms. The molecule has 0 aromatic carbocycles. The predicted octanol–water partition coefficient (Wildman–Crippen LogP) is 1.93. The maximum Gasteiger partial charge on any atom is 0.0981 e. The summed E-state index contributed by atoms with van der Waals surface area (Å²) in [7, 11) is 0. The molecule has 1 aromatic heterocycles. The Morgan fingerprint density at radius 3 is 2.79 bits per heavy atom. The average Bonchev–Trinajstić information content (AvgIpc) is 2.18. The Kier molecular flexibility index (Phi) is 4.56. The van der Waals surface area contributed by atoms with E-state index in [0.717, 1.165) is 0 Å². The molecule has 1 aromatic rings. The highest BCUT2D eigenvalue weighted by atomic mass is 16.5. The smallest absolute Gasteiger partial charge is 0.0981 e.